The highest BCUT2D eigenvalue weighted by Gasteiger charge is 2.34. The first-order valence-electron chi connectivity index (χ1n) is 5.76. The summed E-state index contributed by atoms with van der Waals surface area (Å²) in [5.41, 5.74) is 7.54. The van der Waals surface area contributed by atoms with E-state index in [9.17, 15) is 18.0 Å². The van der Waals surface area contributed by atoms with Crippen LogP contribution in [-0.4, -0.2) is 24.0 Å². The Balaban J connectivity index is 2.12. The molecule has 0 aliphatic carbocycles. The summed E-state index contributed by atoms with van der Waals surface area (Å²) in [5.74, 6) is -0.342. The summed E-state index contributed by atoms with van der Waals surface area (Å²) in [4.78, 5) is 19.1. The van der Waals surface area contributed by atoms with Crippen LogP contribution in [0.5, 0.6) is 0 Å². The molecule has 1 aliphatic rings. The Bertz CT molecular complexity index is 550. The summed E-state index contributed by atoms with van der Waals surface area (Å²) in [5, 5.41) is 3.40. The first kappa shape index (κ1) is 14.1. The number of hydrogen-bond acceptors (Lipinski definition) is 3. The SMILES string of the molecule is [N-]=[N+]=NCC1CC(=O)N(c2ccc(C(F)(F)F)nc2)C1. The number of carbonyl (C=O) groups is 1. The lowest BCUT2D eigenvalue weighted by molar-refractivity contribution is -0.141. The Morgan fingerprint density at radius 1 is 1.50 bits per heavy atom. The van der Waals surface area contributed by atoms with Gasteiger partial charge in [-0.1, -0.05) is 5.11 Å². The fourth-order valence-electron chi connectivity index (χ4n) is 2.02. The van der Waals surface area contributed by atoms with Crippen molar-refractivity contribution in [3.8, 4) is 0 Å². The zero-order valence-corrected chi connectivity index (χ0v) is 10.2. The maximum atomic E-state index is 12.4. The Kier molecular flexibility index (Phi) is 3.80. The number of nitrogens with zero attached hydrogens (tertiary/aromatic N) is 5. The number of rotatable bonds is 3. The fourth-order valence-corrected chi connectivity index (χ4v) is 2.02. The van der Waals surface area contributed by atoms with Gasteiger partial charge in [0, 0.05) is 24.4 Å². The largest absolute Gasteiger partial charge is 0.433 e. The molecule has 2 rings (SSSR count). The van der Waals surface area contributed by atoms with Gasteiger partial charge in [-0.2, -0.15) is 13.2 Å². The van der Waals surface area contributed by atoms with E-state index >= 15 is 0 Å². The van der Waals surface area contributed by atoms with E-state index in [1.807, 2.05) is 0 Å². The standard InChI is InChI=1S/C11H10F3N5O/c12-11(13,14)9-2-1-8(5-16-9)19-6-7(3-10(19)20)4-17-18-15/h1-2,5,7H,3-4,6H2. The molecular weight excluding hydrogens is 275 g/mol. The summed E-state index contributed by atoms with van der Waals surface area (Å²) in [6.45, 7) is 0.498. The van der Waals surface area contributed by atoms with Gasteiger partial charge in [-0.25, -0.2) is 4.98 Å². The topological polar surface area (TPSA) is 82.0 Å². The van der Waals surface area contributed by atoms with Crippen molar-refractivity contribution in [3.63, 3.8) is 0 Å². The van der Waals surface area contributed by atoms with Crippen molar-refractivity contribution in [1.29, 1.82) is 0 Å². The second-order valence-corrected chi connectivity index (χ2v) is 4.39. The Morgan fingerprint density at radius 3 is 2.80 bits per heavy atom. The first-order chi connectivity index (χ1) is 9.41. The van der Waals surface area contributed by atoms with Crippen LogP contribution in [0.3, 0.4) is 0 Å². The van der Waals surface area contributed by atoms with E-state index in [4.69, 9.17) is 5.53 Å². The second-order valence-electron chi connectivity index (χ2n) is 4.39. The van der Waals surface area contributed by atoms with E-state index in [-0.39, 0.29) is 24.8 Å². The number of aromatic nitrogens is 1. The van der Waals surface area contributed by atoms with Gasteiger partial charge >= 0.3 is 6.18 Å². The summed E-state index contributed by atoms with van der Waals surface area (Å²) in [6, 6.07) is 2.05. The van der Waals surface area contributed by atoms with Gasteiger partial charge in [-0.05, 0) is 23.6 Å². The van der Waals surface area contributed by atoms with Crippen LogP contribution in [0.2, 0.25) is 0 Å². The molecule has 1 amide bonds. The number of alkyl halides is 3. The van der Waals surface area contributed by atoms with E-state index in [1.54, 1.807) is 0 Å². The number of hydrogen-bond donors (Lipinski definition) is 0. The van der Waals surface area contributed by atoms with Gasteiger partial charge in [0.15, 0.2) is 0 Å². The van der Waals surface area contributed by atoms with Crippen LogP contribution in [0.15, 0.2) is 23.4 Å². The minimum absolute atomic E-state index is 0.124. The number of azide groups is 1. The average molecular weight is 285 g/mol. The normalized spacial score (nSPS) is 19.1. The molecule has 1 aromatic rings. The molecule has 1 fully saturated rings. The van der Waals surface area contributed by atoms with Gasteiger partial charge in [0.1, 0.15) is 5.69 Å². The van der Waals surface area contributed by atoms with Gasteiger partial charge < -0.3 is 4.90 Å². The zero-order chi connectivity index (χ0) is 14.8. The molecule has 1 atom stereocenters. The molecule has 1 aromatic heterocycles. The number of halogens is 3. The maximum absolute atomic E-state index is 12.4. The molecule has 1 unspecified atom stereocenters. The van der Waals surface area contributed by atoms with E-state index in [0.717, 1.165) is 12.3 Å². The Labute approximate surface area is 111 Å². The minimum Gasteiger partial charge on any atom is -0.311 e. The summed E-state index contributed by atoms with van der Waals surface area (Å²) < 4.78 is 37.2. The third-order valence-corrected chi connectivity index (χ3v) is 2.96. The highest BCUT2D eigenvalue weighted by Crippen LogP contribution is 2.30. The molecule has 0 N–H and O–H groups in total. The minimum atomic E-state index is -4.50. The lowest BCUT2D eigenvalue weighted by atomic mass is 10.1. The molecule has 0 radical (unpaired) electrons. The highest BCUT2D eigenvalue weighted by molar-refractivity contribution is 5.95. The molecule has 0 saturated carbocycles. The smallest absolute Gasteiger partial charge is 0.311 e. The van der Waals surface area contributed by atoms with E-state index < -0.39 is 11.9 Å². The van der Waals surface area contributed by atoms with Crippen molar-refractivity contribution in [2.75, 3.05) is 18.0 Å². The molecule has 6 nitrogen and oxygen atoms in total. The molecule has 0 bridgehead atoms. The number of carbonyl (C=O) groups excluding carboxylic acids is 1. The van der Waals surface area contributed by atoms with Gasteiger partial charge in [0.25, 0.3) is 0 Å². The third kappa shape index (κ3) is 3.00. The summed E-state index contributed by atoms with van der Waals surface area (Å²) in [6.07, 6.45) is -3.27. The summed E-state index contributed by atoms with van der Waals surface area (Å²) in [7, 11) is 0. The van der Waals surface area contributed by atoms with Crippen molar-refractivity contribution >= 4 is 11.6 Å². The van der Waals surface area contributed by atoms with Crippen molar-refractivity contribution in [2.45, 2.75) is 12.6 Å². The molecule has 9 heteroatoms. The second kappa shape index (κ2) is 5.38. The summed E-state index contributed by atoms with van der Waals surface area (Å²) >= 11 is 0. The van der Waals surface area contributed by atoms with Gasteiger partial charge in [-0.15, -0.1) is 0 Å². The fraction of sp³-hybridized carbons (Fsp3) is 0.455. The van der Waals surface area contributed by atoms with Crippen LogP contribution < -0.4 is 4.90 Å². The monoisotopic (exact) mass is 285 g/mol. The zero-order valence-electron chi connectivity index (χ0n) is 10.2. The predicted molar refractivity (Wildman–Crippen MR) is 63.7 cm³/mol. The molecule has 20 heavy (non-hydrogen) atoms. The lowest BCUT2D eigenvalue weighted by Gasteiger charge is -2.16. The van der Waals surface area contributed by atoms with Crippen molar-refractivity contribution in [1.82, 2.24) is 4.98 Å². The van der Waals surface area contributed by atoms with Crippen molar-refractivity contribution in [2.24, 2.45) is 11.0 Å². The van der Waals surface area contributed by atoms with Crippen LogP contribution in [0.1, 0.15) is 12.1 Å². The number of anilines is 1. The maximum Gasteiger partial charge on any atom is 0.433 e. The molecule has 2 heterocycles. The molecule has 0 spiro atoms. The van der Waals surface area contributed by atoms with Crippen LogP contribution >= 0.6 is 0 Å². The Hall–Kier alpha value is -2.28. The molecule has 106 valence electrons. The molecule has 0 aromatic carbocycles. The highest BCUT2D eigenvalue weighted by atomic mass is 19.4. The van der Waals surface area contributed by atoms with Crippen LogP contribution in [0.25, 0.3) is 10.4 Å². The Morgan fingerprint density at radius 2 is 2.25 bits per heavy atom. The van der Waals surface area contributed by atoms with E-state index in [2.05, 4.69) is 15.0 Å². The van der Waals surface area contributed by atoms with Crippen LogP contribution in [-0.2, 0) is 11.0 Å². The van der Waals surface area contributed by atoms with Gasteiger partial charge in [0.05, 0.1) is 11.9 Å². The quantitative estimate of drug-likeness (QED) is 0.486. The number of amides is 1. The van der Waals surface area contributed by atoms with Crippen LogP contribution in [0, 0.1) is 5.92 Å². The third-order valence-electron chi connectivity index (χ3n) is 2.96. The molecular formula is C11H10F3N5O. The van der Waals surface area contributed by atoms with Crippen molar-refractivity contribution in [3.05, 3.63) is 34.5 Å². The molecule has 1 saturated heterocycles. The van der Waals surface area contributed by atoms with E-state index in [0.29, 0.717) is 12.2 Å². The van der Waals surface area contributed by atoms with Gasteiger partial charge in [-0.3, -0.25) is 4.79 Å². The average Bonchev–Trinajstić information content (AvgIpc) is 2.77. The predicted octanol–water partition coefficient (Wildman–Crippen LogP) is 2.76. The van der Waals surface area contributed by atoms with Crippen LogP contribution in [0.4, 0.5) is 18.9 Å². The lowest BCUT2D eigenvalue weighted by Crippen LogP contribution is -2.25. The van der Waals surface area contributed by atoms with Gasteiger partial charge in [0.2, 0.25) is 5.91 Å². The number of pyridine rings is 1. The first-order valence-corrected chi connectivity index (χ1v) is 5.76. The van der Waals surface area contributed by atoms with E-state index in [1.165, 1.54) is 11.0 Å². The molecule has 1 aliphatic heterocycles. The van der Waals surface area contributed by atoms with Crippen molar-refractivity contribution < 1.29 is 18.0 Å².